The van der Waals surface area contributed by atoms with E-state index in [1.165, 1.54) is 16.9 Å². The van der Waals surface area contributed by atoms with Crippen LogP contribution in [0.2, 0.25) is 0 Å². The molecule has 5 nitrogen and oxygen atoms in total. The predicted octanol–water partition coefficient (Wildman–Crippen LogP) is 3.16. The number of aromatic nitrogens is 1. The van der Waals surface area contributed by atoms with Gasteiger partial charge in [-0.3, -0.25) is 20.4 Å². The molecule has 0 unspecified atom stereocenters. The molecule has 0 aliphatic carbocycles. The normalized spacial score (nSPS) is 10.8. The molecule has 0 saturated carbocycles. The number of rotatable bonds is 3. The van der Waals surface area contributed by atoms with Crippen molar-refractivity contribution in [3.8, 4) is 0 Å². The third-order valence-electron chi connectivity index (χ3n) is 4.12. The van der Waals surface area contributed by atoms with Crippen molar-refractivity contribution < 1.29 is 9.59 Å². The molecule has 2 heterocycles. The Bertz CT molecular complexity index is 910. The standard InChI is InChI=1S/C18H19N3O2S/c1-10-7-11(2)14-9-15(19-17(14)12(10)3)18(23)21-20-16(22)8-13-5-4-6-24-13/h4-7,9,19H,8H2,1-3H3,(H,20,22)(H,21,23). The Labute approximate surface area is 144 Å². The monoisotopic (exact) mass is 341 g/mol. The van der Waals surface area contributed by atoms with E-state index in [9.17, 15) is 9.59 Å². The first-order valence-corrected chi connectivity index (χ1v) is 8.54. The number of aromatic amines is 1. The fraction of sp³-hybridized carbons (Fsp3) is 0.222. The van der Waals surface area contributed by atoms with Gasteiger partial charge < -0.3 is 4.98 Å². The van der Waals surface area contributed by atoms with Crippen LogP contribution in [0.15, 0.2) is 29.6 Å². The number of benzene rings is 1. The molecule has 6 heteroatoms. The molecule has 24 heavy (non-hydrogen) atoms. The van der Waals surface area contributed by atoms with Gasteiger partial charge in [-0.2, -0.15) is 0 Å². The molecule has 1 aromatic carbocycles. The summed E-state index contributed by atoms with van der Waals surface area (Å²) in [5, 5.41) is 2.94. The molecule has 2 aromatic heterocycles. The number of carbonyl (C=O) groups excluding carboxylic acids is 2. The second-order valence-electron chi connectivity index (χ2n) is 5.87. The van der Waals surface area contributed by atoms with Gasteiger partial charge in [-0.25, -0.2) is 0 Å². The topological polar surface area (TPSA) is 74.0 Å². The number of hydrogen-bond acceptors (Lipinski definition) is 3. The average Bonchev–Trinajstić information content (AvgIpc) is 3.20. The Hall–Kier alpha value is -2.60. The first-order chi connectivity index (χ1) is 11.5. The number of carbonyl (C=O) groups is 2. The first kappa shape index (κ1) is 16.3. The van der Waals surface area contributed by atoms with Crippen molar-refractivity contribution in [2.75, 3.05) is 0 Å². The first-order valence-electron chi connectivity index (χ1n) is 7.67. The minimum atomic E-state index is -0.359. The van der Waals surface area contributed by atoms with Gasteiger partial charge in [0, 0.05) is 15.8 Å². The van der Waals surface area contributed by atoms with Gasteiger partial charge in [-0.05, 0) is 55.0 Å². The Balaban J connectivity index is 1.71. The number of thiophene rings is 1. The Kier molecular flexibility index (Phi) is 4.40. The van der Waals surface area contributed by atoms with E-state index in [1.54, 1.807) is 0 Å². The molecule has 0 saturated heterocycles. The highest BCUT2D eigenvalue weighted by molar-refractivity contribution is 7.10. The summed E-state index contributed by atoms with van der Waals surface area (Å²) in [5.74, 6) is -0.604. The lowest BCUT2D eigenvalue weighted by Gasteiger charge is -2.05. The molecule has 3 rings (SSSR count). The largest absolute Gasteiger partial charge is 0.350 e. The van der Waals surface area contributed by atoms with Crippen LogP contribution in [-0.2, 0) is 11.2 Å². The van der Waals surface area contributed by atoms with Crippen molar-refractivity contribution in [2.24, 2.45) is 0 Å². The Morgan fingerprint density at radius 3 is 2.62 bits per heavy atom. The number of amides is 2. The van der Waals surface area contributed by atoms with E-state index < -0.39 is 0 Å². The minimum absolute atomic E-state index is 0.245. The fourth-order valence-electron chi connectivity index (χ4n) is 2.70. The second kappa shape index (κ2) is 6.49. The molecule has 0 aliphatic rings. The lowest BCUT2D eigenvalue weighted by molar-refractivity contribution is -0.121. The summed E-state index contributed by atoms with van der Waals surface area (Å²) in [7, 11) is 0. The molecule has 0 spiro atoms. The van der Waals surface area contributed by atoms with Gasteiger partial charge in [-0.1, -0.05) is 12.1 Å². The van der Waals surface area contributed by atoms with Gasteiger partial charge in [-0.15, -0.1) is 11.3 Å². The zero-order chi connectivity index (χ0) is 17.3. The van der Waals surface area contributed by atoms with Crippen LogP contribution < -0.4 is 10.9 Å². The van der Waals surface area contributed by atoms with Gasteiger partial charge in [0.05, 0.1) is 6.42 Å². The molecular formula is C18H19N3O2S. The van der Waals surface area contributed by atoms with Gasteiger partial charge in [0.25, 0.3) is 5.91 Å². The van der Waals surface area contributed by atoms with Crippen molar-refractivity contribution in [1.29, 1.82) is 0 Å². The van der Waals surface area contributed by atoms with Gasteiger partial charge >= 0.3 is 0 Å². The van der Waals surface area contributed by atoms with Crippen molar-refractivity contribution in [2.45, 2.75) is 27.2 Å². The molecular weight excluding hydrogens is 322 g/mol. The summed E-state index contributed by atoms with van der Waals surface area (Å²) < 4.78 is 0. The maximum absolute atomic E-state index is 12.3. The highest BCUT2D eigenvalue weighted by atomic mass is 32.1. The van der Waals surface area contributed by atoms with E-state index in [-0.39, 0.29) is 18.2 Å². The van der Waals surface area contributed by atoms with Crippen molar-refractivity contribution in [1.82, 2.24) is 15.8 Å². The lowest BCUT2D eigenvalue weighted by Crippen LogP contribution is -2.42. The predicted molar refractivity (Wildman–Crippen MR) is 96.1 cm³/mol. The highest BCUT2D eigenvalue weighted by Gasteiger charge is 2.14. The van der Waals surface area contributed by atoms with Crippen molar-refractivity contribution in [3.63, 3.8) is 0 Å². The number of fused-ring (bicyclic) bond motifs is 1. The molecule has 2 amide bonds. The van der Waals surface area contributed by atoms with E-state index in [4.69, 9.17) is 0 Å². The summed E-state index contributed by atoms with van der Waals surface area (Å²) in [4.78, 5) is 28.2. The lowest BCUT2D eigenvalue weighted by atomic mass is 10.0. The molecule has 0 bridgehead atoms. The SMILES string of the molecule is Cc1cc(C)c2cc(C(=O)NNC(=O)Cc3cccs3)[nH]c2c1C. The molecule has 124 valence electrons. The molecule has 3 aromatic rings. The van der Waals surface area contributed by atoms with Crippen LogP contribution in [0.5, 0.6) is 0 Å². The highest BCUT2D eigenvalue weighted by Crippen LogP contribution is 2.25. The molecule has 3 N–H and O–H groups in total. The van der Waals surface area contributed by atoms with Crippen LogP contribution in [0, 0.1) is 20.8 Å². The smallest absolute Gasteiger partial charge is 0.286 e. The minimum Gasteiger partial charge on any atom is -0.350 e. The molecule has 0 aliphatic heterocycles. The van der Waals surface area contributed by atoms with Crippen molar-refractivity contribution >= 4 is 34.1 Å². The van der Waals surface area contributed by atoms with Crippen LogP contribution in [0.25, 0.3) is 10.9 Å². The van der Waals surface area contributed by atoms with Gasteiger partial charge in [0.2, 0.25) is 5.91 Å². The fourth-order valence-corrected chi connectivity index (χ4v) is 3.40. The average molecular weight is 341 g/mol. The quantitative estimate of drug-likeness (QED) is 0.640. The van der Waals surface area contributed by atoms with E-state index in [2.05, 4.69) is 21.9 Å². The zero-order valence-corrected chi connectivity index (χ0v) is 14.6. The summed E-state index contributed by atoms with van der Waals surface area (Å²) in [5.41, 5.74) is 9.72. The third kappa shape index (κ3) is 3.19. The number of nitrogens with one attached hydrogen (secondary N) is 3. The van der Waals surface area contributed by atoms with E-state index >= 15 is 0 Å². The summed E-state index contributed by atoms with van der Waals surface area (Å²) in [6.45, 7) is 6.10. The third-order valence-corrected chi connectivity index (χ3v) is 4.99. The summed E-state index contributed by atoms with van der Waals surface area (Å²) >= 11 is 1.51. The summed E-state index contributed by atoms with van der Waals surface area (Å²) in [6, 6.07) is 7.70. The van der Waals surface area contributed by atoms with Crippen LogP contribution in [-0.4, -0.2) is 16.8 Å². The number of hydrazine groups is 1. The second-order valence-corrected chi connectivity index (χ2v) is 6.90. The van der Waals surface area contributed by atoms with E-state index in [1.807, 2.05) is 44.4 Å². The Morgan fingerprint density at radius 1 is 1.12 bits per heavy atom. The maximum Gasteiger partial charge on any atom is 0.286 e. The summed E-state index contributed by atoms with van der Waals surface area (Å²) in [6.07, 6.45) is 0.252. The van der Waals surface area contributed by atoms with E-state index in [0.717, 1.165) is 26.9 Å². The number of hydrogen-bond donors (Lipinski definition) is 3. The molecule has 0 fully saturated rings. The Morgan fingerprint density at radius 2 is 1.92 bits per heavy atom. The van der Waals surface area contributed by atoms with Crippen LogP contribution in [0.3, 0.4) is 0 Å². The molecule has 0 atom stereocenters. The maximum atomic E-state index is 12.3. The van der Waals surface area contributed by atoms with Crippen molar-refractivity contribution in [3.05, 3.63) is 56.9 Å². The van der Waals surface area contributed by atoms with E-state index in [0.29, 0.717) is 5.69 Å². The van der Waals surface area contributed by atoms with Crippen LogP contribution >= 0.6 is 11.3 Å². The zero-order valence-electron chi connectivity index (χ0n) is 13.8. The number of aryl methyl sites for hydroxylation is 3. The number of H-pyrrole nitrogens is 1. The van der Waals surface area contributed by atoms with Gasteiger partial charge in [0.1, 0.15) is 5.69 Å². The van der Waals surface area contributed by atoms with Gasteiger partial charge in [0.15, 0.2) is 0 Å². The van der Waals surface area contributed by atoms with Crippen LogP contribution in [0.4, 0.5) is 0 Å². The van der Waals surface area contributed by atoms with Crippen LogP contribution in [0.1, 0.15) is 32.1 Å². The molecule has 0 radical (unpaired) electrons.